The molecule has 3 heteroatoms. The van der Waals surface area contributed by atoms with Crippen LogP contribution in [0.5, 0.6) is 5.75 Å². The van der Waals surface area contributed by atoms with Crippen LogP contribution in [-0.2, 0) is 0 Å². The molecule has 3 rings (SSSR count). The number of aryl methyl sites for hydroxylation is 1. The van der Waals surface area contributed by atoms with Crippen LogP contribution in [-0.4, -0.2) is 7.11 Å². The van der Waals surface area contributed by atoms with Crippen molar-refractivity contribution >= 4 is 10.8 Å². The topological polar surface area (TPSA) is 48.4 Å². The van der Waals surface area contributed by atoms with Crippen LogP contribution in [0.15, 0.2) is 53.1 Å². The van der Waals surface area contributed by atoms with Gasteiger partial charge in [0.1, 0.15) is 11.5 Å². The molecule has 0 amide bonds. The van der Waals surface area contributed by atoms with Gasteiger partial charge in [0.25, 0.3) is 0 Å². The Bertz CT molecular complexity index is 746. The minimum Gasteiger partial charge on any atom is -0.497 e. The molecule has 0 saturated heterocycles. The summed E-state index contributed by atoms with van der Waals surface area (Å²) in [7, 11) is 1.67. The summed E-state index contributed by atoms with van der Waals surface area (Å²) >= 11 is 0. The third-order valence-corrected chi connectivity index (χ3v) is 3.66. The van der Waals surface area contributed by atoms with E-state index in [1.54, 1.807) is 13.4 Å². The predicted octanol–water partition coefficient (Wildman–Crippen LogP) is 3.80. The van der Waals surface area contributed by atoms with Crippen molar-refractivity contribution < 1.29 is 9.15 Å². The van der Waals surface area contributed by atoms with Gasteiger partial charge >= 0.3 is 0 Å². The Morgan fingerprint density at radius 2 is 1.80 bits per heavy atom. The molecule has 3 nitrogen and oxygen atoms in total. The molecule has 0 bridgehead atoms. The van der Waals surface area contributed by atoms with Crippen molar-refractivity contribution in [3.63, 3.8) is 0 Å². The molecular weight excluding hydrogens is 250 g/mol. The van der Waals surface area contributed by atoms with Crippen LogP contribution in [0.4, 0.5) is 0 Å². The second-order valence-corrected chi connectivity index (χ2v) is 4.88. The number of hydrogen-bond donors (Lipinski definition) is 1. The van der Waals surface area contributed by atoms with Crippen LogP contribution >= 0.6 is 0 Å². The first kappa shape index (κ1) is 12.8. The maximum Gasteiger partial charge on any atom is 0.119 e. The molecule has 0 aliphatic heterocycles. The van der Waals surface area contributed by atoms with E-state index in [9.17, 15) is 0 Å². The number of fused-ring (bicyclic) bond motifs is 1. The largest absolute Gasteiger partial charge is 0.497 e. The SMILES string of the molecule is COc1ccc2cc(C(N)c3ccoc3C)ccc2c1. The fraction of sp³-hybridized carbons (Fsp3) is 0.176. The zero-order valence-electron chi connectivity index (χ0n) is 11.6. The summed E-state index contributed by atoms with van der Waals surface area (Å²) in [6, 6.07) is 14.0. The average molecular weight is 267 g/mol. The van der Waals surface area contributed by atoms with E-state index in [4.69, 9.17) is 14.9 Å². The van der Waals surface area contributed by atoms with Gasteiger partial charge in [0, 0.05) is 5.56 Å². The second kappa shape index (κ2) is 5.02. The number of benzene rings is 2. The third-order valence-electron chi connectivity index (χ3n) is 3.66. The van der Waals surface area contributed by atoms with Gasteiger partial charge in [-0.2, -0.15) is 0 Å². The summed E-state index contributed by atoms with van der Waals surface area (Å²) in [4.78, 5) is 0. The van der Waals surface area contributed by atoms with E-state index < -0.39 is 0 Å². The van der Waals surface area contributed by atoms with Gasteiger partial charge < -0.3 is 14.9 Å². The van der Waals surface area contributed by atoms with Crippen molar-refractivity contribution in [2.45, 2.75) is 13.0 Å². The highest BCUT2D eigenvalue weighted by molar-refractivity contribution is 5.84. The second-order valence-electron chi connectivity index (χ2n) is 4.88. The van der Waals surface area contributed by atoms with Crippen LogP contribution in [0, 0.1) is 6.92 Å². The molecule has 0 spiro atoms. The first-order valence-electron chi connectivity index (χ1n) is 6.56. The summed E-state index contributed by atoms with van der Waals surface area (Å²) in [6.07, 6.45) is 1.68. The quantitative estimate of drug-likeness (QED) is 0.785. The minimum absolute atomic E-state index is 0.166. The molecule has 0 fully saturated rings. The molecule has 1 heterocycles. The van der Waals surface area contributed by atoms with Crippen LogP contribution < -0.4 is 10.5 Å². The number of methoxy groups -OCH3 is 1. The van der Waals surface area contributed by atoms with Gasteiger partial charge in [0.05, 0.1) is 19.4 Å². The van der Waals surface area contributed by atoms with Crippen molar-refractivity contribution in [2.24, 2.45) is 5.73 Å². The summed E-state index contributed by atoms with van der Waals surface area (Å²) in [5.41, 5.74) is 8.43. The van der Waals surface area contributed by atoms with Crippen LogP contribution in [0.2, 0.25) is 0 Å². The first-order valence-corrected chi connectivity index (χ1v) is 6.56. The Morgan fingerprint density at radius 1 is 1.05 bits per heavy atom. The molecule has 0 aliphatic carbocycles. The maximum absolute atomic E-state index is 6.32. The lowest BCUT2D eigenvalue weighted by molar-refractivity contribution is 0.415. The number of rotatable bonds is 3. The molecule has 20 heavy (non-hydrogen) atoms. The van der Waals surface area contributed by atoms with E-state index in [0.29, 0.717) is 0 Å². The Labute approximate surface area is 118 Å². The Balaban J connectivity index is 2.03. The van der Waals surface area contributed by atoms with Gasteiger partial charge in [-0.15, -0.1) is 0 Å². The van der Waals surface area contributed by atoms with Gasteiger partial charge in [-0.3, -0.25) is 0 Å². The lowest BCUT2D eigenvalue weighted by Crippen LogP contribution is -2.11. The molecule has 2 N–H and O–H groups in total. The molecule has 1 atom stereocenters. The van der Waals surface area contributed by atoms with Gasteiger partial charge in [-0.1, -0.05) is 18.2 Å². The van der Waals surface area contributed by atoms with Crippen LogP contribution in [0.1, 0.15) is 22.9 Å². The van der Waals surface area contributed by atoms with Crippen molar-refractivity contribution in [3.05, 3.63) is 65.6 Å². The number of ether oxygens (including phenoxy) is 1. The molecule has 0 aliphatic rings. The van der Waals surface area contributed by atoms with Crippen molar-refractivity contribution in [1.29, 1.82) is 0 Å². The summed E-state index contributed by atoms with van der Waals surface area (Å²) in [5, 5.41) is 2.30. The van der Waals surface area contributed by atoms with E-state index in [2.05, 4.69) is 18.2 Å². The summed E-state index contributed by atoms with van der Waals surface area (Å²) < 4.78 is 10.6. The van der Waals surface area contributed by atoms with Gasteiger partial charge in [-0.25, -0.2) is 0 Å². The van der Waals surface area contributed by atoms with Gasteiger partial charge in [0.15, 0.2) is 0 Å². The van der Waals surface area contributed by atoms with Crippen LogP contribution in [0.25, 0.3) is 10.8 Å². The summed E-state index contributed by atoms with van der Waals surface area (Å²) in [5.74, 6) is 1.73. The Morgan fingerprint density at radius 3 is 2.50 bits per heavy atom. The molecule has 2 aromatic carbocycles. The number of nitrogens with two attached hydrogens (primary N) is 1. The number of furan rings is 1. The smallest absolute Gasteiger partial charge is 0.119 e. The highest BCUT2D eigenvalue weighted by Crippen LogP contribution is 2.27. The molecule has 102 valence electrons. The lowest BCUT2D eigenvalue weighted by atomic mass is 9.97. The van der Waals surface area contributed by atoms with E-state index in [0.717, 1.165) is 33.4 Å². The van der Waals surface area contributed by atoms with Crippen LogP contribution in [0.3, 0.4) is 0 Å². The molecule has 1 unspecified atom stereocenters. The monoisotopic (exact) mass is 267 g/mol. The highest BCUT2D eigenvalue weighted by atomic mass is 16.5. The third kappa shape index (κ3) is 2.17. The summed E-state index contributed by atoms with van der Waals surface area (Å²) in [6.45, 7) is 1.93. The zero-order valence-corrected chi connectivity index (χ0v) is 11.6. The number of hydrogen-bond acceptors (Lipinski definition) is 3. The molecule has 0 radical (unpaired) electrons. The van der Waals surface area contributed by atoms with Crippen molar-refractivity contribution in [3.8, 4) is 5.75 Å². The fourth-order valence-corrected chi connectivity index (χ4v) is 2.46. The van der Waals surface area contributed by atoms with E-state index >= 15 is 0 Å². The minimum atomic E-state index is -0.166. The first-order chi connectivity index (χ1) is 9.69. The normalized spacial score (nSPS) is 12.6. The molecule has 3 aromatic rings. The van der Waals surface area contributed by atoms with Crippen molar-refractivity contribution in [2.75, 3.05) is 7.11 Å². The maximum atomic E-state index is 6.32. The molecular formula is C17H17NO2. The van der Waals surface area contributed by atoms with E-state index in [-0.39, 0.29) is 6.04 Å². The predicted molar refractivity (Wildman–Crippen MR) is 80.0 cm³/mol. The average Bonchev–Trinajstić information content (AvgIpc) is 2.91. The standard InChI is InChI=1S/C17H17NO2/c1-11-16(7-8-20-11)17(18)14-4-3-13-10-15(19-2)6-5-12(13)9-14/h3-10,17H,18H2,1-2H3. The molecule has 0 saturated carbocycles. The zero-order chi connectivity index (χ0) is 14.1. The van der Waals surface area contributed by atoms with Crippen molar-refractivity contribution in [1.82, 2.24) is 0 Å². The Hall–Kier alpha value is -2.26. The molecule has 1 aromatic heterocycles. The van der Waals surface area contributed by atoms with Gasteiger partial charge in [0.2, 0.25) is 0 Å². The Kier molecular flexibility index (Phi) is 3.20. The van der Waals surface area contributed by atoms with E-state index in [1.165, 1.54) is 0 Å². The highest BCUT2D eigenvalue weighted by Gasteiger charge is 2.13. The fourth-order valence-electron chi connectivity index (χ4n) is 2.46. The van der Waals surface area contributed by atoms with Gasteiger partial charge in [-0.05, 0) is 47.5 Å². The lowest BCUT2D eigenvalue weighted by Gasteiger charge is -2.12. The van der Waals surface area contributed by atoms with E-state index in [1.807, 2.05) is 31.2 Å².